The van der Waals surface area contributed by atoms with Crippen LogP contribution in [0.4, 0.5) is 0 Å². The van der Waals surface area contributed by atoms with E-state index in [0.29, 0.717) is 37.1 Å². The second-order valence-electron chi connectivity index (χ2n) is 5.20. The van der Waals surface area contributed by atoms with E-state index in [1.807, 2.05) is 0 Å². The molecule has 0 aliphatic rings. The van der Waals surface area contributed by atoms with Gasteiger partial charge in [0.25, 0.3) is 0 Å². The molecule has 0 radical (unpaired) electrons. The fourth-order valence-electron chi connectivity index (χ4n) is 1.92. The Balaban J connectivity index is 1.57. The molecule has 0 aromatic heterocycles. The minimum absolute atomic E-state index is 0.0508. The molecule has 7 nitrogen and oxygen atoms in total. The first-order valence-corrected chi connectivity index (χ1v) is 8.32. The average Bonchev–Trinajstić information content (AvgIpc) is 2.69. The summed E-state index contributed by atoms with van der Waals surface area (Å²) in [4.78, 5) is 10.8. The van der Waals surface area contributed by atoms with Gasteiger partial charge < -0.3 is 28.8 Å². The van der Waals surface area contributed by atoms with Gasteiger partial charge in [0, 0.05) is 6.08 Å². The number of hydrogen-bond acceptors (Lipinski definition) is 7. The molecular weight excluding hydrogens is 352 g/mol. The van der Waals surface area contributed by atoms with Gasteiger partial charge in [-0.15, -0.1) is 0 Å². The van der Waals surface area contributed by atoms with Crippen LogP contribution in [-0.2, 0) is 14.3 Å². The van der Waals surface area contributed by atoms with Crippen LogP contribution in [0.1, 0.15) is 0 Å². The first kappa shape index (κ1) is 20.1. The normalized spacial score (nSPS) is 10.1. The highest BCUT2D eigenvalue weighted by molar-refractivity contribution is 5.81. The van der Waals surface area contributed by atoms with Gasteiger partial charge in [-0.25, -0.2) is 4.79 Å². The molecule has 0 saturated carbocycles. The molecule has 0 saturated heterocycles. The van der Waals surface area contributed by atoms with Crippen molar-refractivity contribution in [3.05, 3.63) is 61.2 Å². The van der Waals surface area contributed by atoms with Crippen LogP contribution < -0.4 is 14.2 Å². The van der Waals surface area contributed by atoms with Crippen LogP contribution in [0.5, 0.6) is 23.0 Å². The summed E-state index contributed by atoms with van der Waals surface area (Å²) in [5, 5.41) is 9.20. The first-order valence-electron chi connectivity index (χ1n) is 8.32. The SMILES string of the molecule is C=CC(=O)OCCOCCOc1ccc(OCOc2ccc(O)cc2)cc1. The molecule has 2 aromatic rings. The second-order valence-corrected chi connectivity index (χ2v) is 5.20. The lowest BCUT2D eigenvalue weighted by Gasteiger charge is -2.10. The highest BCUT2D eigenvalue weighted by Gasteiger charge is 1.99. The zero-order valence-electron chi connectivity index (χ0n) is 14.8. The predicted octanol–water partition coefficient (Wildman–Crippen LogP) is 2.93. The second kappa shape index (κ2) is 11.4. The summed E-state index contributed by atoms with van der Waals surface area (Å²) < 4.78 is 26.5. The van der Waals surface area contributed by atoms with Crippen molar-refractivity contribution in [1.82, 2.24) is 0 Å². The van der Waals surface area contributed by atoms with Crippen molar-refractivity contribution in [2.24, 2.45) is 0 Å². The average molecular weight is 374 g/mol. The number of phenolic OH excluding ortho intramolecular Hbond substituents is 1. The van der Waals surface area contributed by atoms with Crippen molar-refractivity contribution in [3.63, 3.8) is 0 Å². The molecule has 0 heterocycles. The van der Waals surface area contributed by atoms with Crippen molar-refractivity contribution in [2.75, 3.05) is 33.2 Å². The fourth-order valence-corrected chi connectivity index (χ4v) is 1.92. The van der Waals surface area contributed by atoms with E-state index in [1.54, 1.807) is 48.5 Å². The zero-order chi connectivity index (χ0) is 19.3. The molecule has 0 aliphatic heterocycles. The molecule has 0 atom stereocenters. The molecule has 7 heteroatoms. The van der Waals surface area contributed by atoms with Crippen molar-refractivity contribution in [3.8, 4) is 23.0 Å². The van der Waals surface area contributed by atoms with Crippen LogP contribution in [0.25, 0.3) is 0 Å². The summed E-state index contributed by atoms with van der Waals surface area (Å²) in [5.74, 6) is 1.64. The van der Waals surface area contributed by atoms with Crippen LogP contribution in [0.3, 0.4) is 0 Å². The molecule has 144 valence electrons. The quantitative estimate of drug-likeness (QED) is 0.265. The Kier molecular flexibility index (Phi) is 8.52. The summed E-state index contributed by atoms with van der Waals surface area (Å²) in [5.41, 5.74) is 0. The number of hydrogen-bond donors (Lipinski definition) is 1. The van der Waals surface area contributed by atoms with Crippen LogP contribution in [0, 0.1) is 0 Å². The Morgan fingerprint density at radius 3 is 1.93 bits per heavy atom. The number of carbonyl (C=O) groups excluding carboxylic acids is 1. The Bertz CT molecular complexity index is 695. The number of aromatic hydroxyl groups is 1. The van der Waals surface area contributed by atoms with Gasteiger partial charge in [-0.1, -0.05) is 6.58 Å². The Morgan fingerprint density at radius 2 is 1.33 bits per heavy atom. The highest BCUT2D eigenvalue weighted by atomic mass is 16.7. The lowest BCUT2D eigenvalue weighted by Crippen LogP contribution is -2.12. The molecule has 0 amide bonds. The number of benzene rings is 2. The van der Waals surface area contributed by atoms with Crippen LogP contribution >= 0.6 is 0 Å². The smallest absolute Gasteiger partial charge is 0.330 e. The minimum Gasteiger partial charge on any atom is -0.508 e. The van der Waals surface area contributed by atoms with E-state index in [9.17, 15) is 9.90 Å². The number of ether oxygens (including phenoxy) is 5. The summed E-state index contributed by atoms with van der Waals surface area (Å²) >= 11 is 0. The molecule has 2 aromatic carbocycles. The van der Waals surface area contributed by atoms with Gasteiger partial charge in [-0.3, -0.25) is 0 Å². The van der Waals surface area contributed by atoms with E-state index < -0.39 is 5.97 Å². The lowest BCUT2D eigenvalue weighted by atomic mass is 10.3. The van der Waals surface area contributed by atoms with Crippen LogP contribution in [0.15, 0.2) is 61.2 Å². The van der Waals surface area contributed by atoms with E-state index in [-0.39, 0.29) is 19.1 Å². The minimum atomic E-state index is -0.467. The van der Waals surface area contributed by atoms with Crippen LogP contribution in [0.2, 0.25) is 0 Å². The molecular formula is C20H22O7. The monoisotopic (exact) mass is 374 g/mol. The number of rotatable bonds is 12. The maximum atomic E-state index is 10.8. The topological polar surface area (TPSA) is 83.5 Å². The van der Waals surface area contributed by atoms with Crippen molar-refractivity contribution in [1.29, 1.82) is 0 Å². The van der Waals surface area contributed by atoms with E-state index in [4.69, 9.17) is 23.7 Å². The number of carbonyl (C=O) groups is 1. The third kappa shape index (κ3) is 8.15. The van der Waals surface area contributed by atoms with E-state index in [1.165, 1.54) is 0 Å². The van der Waals surface area contributed by atoms with Gasteiger partial charge in [-0.05, 0) is 48.5 Å². The van der Waals surface area contributed by atoms with Gasteiger partial charge in [0.05, 0.1) is 13.2 Å². The van der Waals surface area contributed by atoms with Crippen molar-refractivity contribution in [2.45, 2.75) is 0 Å². The summed E-state index contributed by atoms with van der Waals surface area (Å²) in [6.45, 7) is 4.59. The number of esters is 1. The Labute approximate surface area is 157 Å². The zero-order valence-corrected chi connectivity index (χ0v) is 14.8. The standard InChI is InChI=1S/C20H22O7/c1-2-20(22)25-14-12-23-11-13-24-17-7-9-19(10-8-17)27-15-26-18-5-3-16(21)4-6-18/h2-10,21H,1,11-15H2. The Morgan fingerprint density at radius 1 is 0.815 bits per heavy atom. The van der Waals surface area contributed by atoms with Gasteiger partial charge in [0.2, 0.25) is 6.79 Å². The van der Waals surface area contributed by atoms with Gasteiger partial charge in [0.15, 0.2) is 0 Å². The van der Waals surface area contributed by atoms with Crippen molar-refractivity contribution < 1.29 is 33.6 Å². The highest BCUT2D eigenvalue weighted by Crippen LogP contribution is 2.19. The summed E-state index contributed by atoms with van der Waals surface area (Å²) in [7, 11) is 0. The lowest BCUT2D eigenvalue weighted by molar-refractivity contribution is -0.139. The molecule has 0 fully saturated rings. The van der Waals surface area contributed by atoms with E-state index >= 15 is 0 Å². The first-order chi connectivity index (χ1) is 13.2. The third-order valence-electron chi connectivity index (χ3n) is 3.25. The molecule has 1 N–H and O–H groups in total. The van der Waals surface area contributed by atoms with Gasteiger partial charge in [0.1, 0.15) is 36.2 Å². The summed E-state index contributed by atoms with van der Waals surface area (Å²) in [6.07, 6.45) is 1.11. The molecule has 0 spiro atoms. The molecule has 2 rings (SSSR count). The van der Waals surface area contributed by atoms with Crippen molar-refractivity contribution >= 4 is 5.97 Å². The predicted molar refractivity (Wildman–Crippen MR) is 98.1 cm³/mol. The van der Waals surface area contributed by atoms with E-state index in [0.717, 1.165) is 6.08 Å². The van der Waals surface area contributed by atoms with Gasteiger partial charge in [-0.2, -0.15) is 0 Å². The largest absolute Gasteiger partial charge is 0.508 e. The molecule has 27 heavy (non-hydrogen) atoms. The summed E-state index contributed by atoms with van der Waals surface area (Å²) in [6, 6.07) is 13.5. The van der Waals surface area contributed by atoms with Crippen LogP contribution in [-0.4, -0.2) is 44.3 Å². The third-order valence-corrected chi connectivity index (χ3v) is 3.25. The maximum Gasteiger partial charge on any atom is 0.330 e. The molecule has 0 aliphatic carbocycles. The Hall–Kier alpha value is -3.19. The van der Waals surface area contributed by atoms with E-state index in [2.05, 4.69) is 6.58 Å². The molecule has 0 bridgehead atoms. The maximum absolute atomic E-state index is 10.8. The van der Waals surface area contributed by atoms with Gasteiger partial charge >= 0.3 is 5.97 Å². The fraction of sp³-hybridized carbons (Fsp3) is 0.250. The molecule has 0 unspecified atom stereocenters. The number of phenols is 1.